The van der Waals surface area contributed by atoms with Gasteiger partial charge >= 0.3 is 0 Å². The number of hydrogen-bond acceptors (Lipinski definition) is 3. The van der Waals surface area contributed by atoms with Gasteiger partial charge in [0.1, 0.15) is 0 Å². The molecule has 0 aliphatic heterocycles. The summed E-state index contributed by atoms with van der Waals surface area (Å²) in [5.74, 6) is 1.91. The minimum absolute atomic E-state index is 0.141. The molecule has 3 aliphatic carbocycles. The zero-order valence-electron chi connectivity index (χ0n) is 20.3. The number of aliphatic hydroxyl groups is 3. The Hall–Kier alpha value is -1.16. The molecule has 0 saturated heterocycles. The first kappa shape index (κ1) is 24.5. The summed E-state index contributed by atoms with van der Waals surface area (Å²) in [6, 6.07) is 0. The summed E-state index contributed by atoms with van der Waals surface area (Å²) in [7, 11) is 0. The zero-order valence-corrected chi connectivity index (χ0v) is 20.3. The third kappa shape index (κ3) is 5.26. The highest BCUT2D eigenvalue weighted by Crippen LogP contribution is 2.59. The summed E-state index contributed by atoms with van der Waals surface area (Å²) in [5.41, 5.74) is 2.93. The molecule has 0 aromatic carbocycles. The second-order valence-electron chi connectivity index (χ2n) is 11.4. The number of rotatable bonds is 5. The summed E-state index contributed by atoms with van der Waals surface area (Å²) < 4.78 is 0. The van der Waals surface area contributed by atoms with E-state index in [1.807, 2.05) is 13.8 Å². The Kier molecular flexibility index (Phi) is 7.40. The maximum atomic E-state index is 10.3. The highest BCUT2D eigenvalue weighted by atomic mass is 16.3. The van der Waals surface area contributed by atoms with Gasteiger partial charge in [0.05, 0.1) is 17.8 Å². The van der Waals surface area contributed by atoms with Gasteiger partial charge in [-0.25, -0.2) is 0 Å². The molecule has 0 heterocycles. The van der Waals surface area contributed by atoms with Crippen molar-refractivity contribution in [1.82, 2.24) is 0 Å². The molecule has 0 spiro atoms. The van der Waals surface area contributed by atoms with Crippen LogP contribution < -0.4 is 0 Å². The number of allylic oxidation sites excluding steroid dienone is 4. The molecule has 0 bridgehead atoms. The lowest BCUT2D eigenvalue weighted by Gasteiger charge is -2.44. The van der Waals surface area contributed by atoms with E-state index >= 15 is 0 Å². The van der Waals surface area contributed by atoms with E-state index in [1.54, 1.807) is 0 Å². The van der Waals surface area contributed by atoms with Crippen molar-refractivity contribution in [3.63, 3.8) is 0 Å². The molecule has 3 heteroatoms. The van der Waals surface area contributed by atoms with Gasteiger partial charge in [-0.15, -0.1) is 0 Å². The molecule has 0 unspecified atom stereocenters. The molecule has 174 valence electrons. The first-order valence-corrected chi connectivity index (χ1v) is 12.3. The Bertz CT molecular complexity index is 753. The van der Waals surface area contributed by atoms with Gasteiger partial charge in [0.25, 0.3) is 0 Å². The Morgan fingerprint density at radius 1 is 1.13 bits per heavy atom. The molecule has 3 rings (SSSR count). The first-order valence-electron chi connectivity index (χ1n) is 12.3. The highest BCUT2D eigenvalue weighted by Gasteiger charge is 2.50. The van der Waals surface area contributed by atoms with Crippen LogP contribution >= 0.6 is 0 Å². The van der Waals surface area contributed by atoms with E-state index in [4.69, 9.17) is 0 Å². The number of fused-ring (bicyclic) bond motifs is 1. The van der Waals surface area contributed by atoms with E-state index in [-0.39, 0.29) is 5.92 Å². The van der Waals surface area contributed by atoms with Crippen molar-refractivity contribution in [3.8, 4) is 0 Å². The highest BCUT2D eigenvalue weighted by molar-refractivity contribution is 5.38. The topological polar surface area (TPSA) is 60.7 Å². The SMILES string of the molecule is C=C1/C(=C\C=C2/CCC[C@]3(C)[C@@H]([C@H](C)/C=C/[C@H](C)C(C)(C)O)CC[C@@H]23)C[C@@H](O)C[C@H]1O. The number of hydrogen-bond donors (Lipinski definition) is 3. The molecule has 0 radical (unpaired) electrons. The molecule has 3 saturated carbocycles. The van der Waals surface area contributed by atoms with Gasteiger partial charge in [0, 0.05) is 12.3 Å². The Morgan fingerprint density at radius 2 is 1.84 bits per heavy atom. The Morgan fingerprint density at radius 3 is 2.52 bits per heavy atom. The van der Waals surface area contributed by atoms with Crippen LogP contribution in [0.3, 0.4) is 0 Å². The molecule has 31 heavy (non-hydrogen) atoms. The molecule has 0 aromatic heterocycles. The minimum Gasteiger partial charge on any atom is -0.393 e. The summed E-state index contributed by atoms with van der Waals surface area (Å²) in [5, 5.41) is 30.4. The van der Waals surface area contributed by atoms with Crippen LogP contribution in [0.1, 0.15) is 79.6 Å². The van der Waals surface area contributed by atoms with Crippen molar-refractivity contribution >= 4 is 0 Å². The van der Waals surface area contributed by atoms with E-state index in [1.165, 1.54) is 31.3 Å². The second kappa shape index (κ2) is 9.37. The molecule has 3 aliphatic rings. The van der Waals surface area contributed by atoms with Crippen molar-refractivity contribution in [1.29, 1.82) is 0 Å². The number of aliphatic hydroxyl groups excluding tert-OH is 2. The predicted octanol–water partition coefficient (Wildman–Crippen LogP) is 5.73. The van der Waals surface area contributed by atoms with Gasteiger partial charge in [0.15, 0.2) is 0 Å². The summed E-state index contributed by atoms with van der Waals surface area (Å²) in [6.45, 7) is 14.7. The third-order valence-corrected chi connectivity index (χ3v) is 8.75. The van der Waals surface area contributed by atoms with Gasteiger partial charge in [-0.3, -0.25) is 0 Å². The maximum absolute atomic E-state index is 10.3. The van der Waals surface area contributed by atoms with E-state index < -0.39 is 17.8 Å². The normalized spacial score (nSPS) is 39.3. The molecule has 3 N–H and O–H groups in total. The lowest BCUT2D eigenvalue weighted by molar-refractivity contribution is 0.0436. The smallest absolute Gasteiger partial charge is 0.0811 e. The fourth-order valence-corrected chi connectivity index (χ4v) is 6.32. The first-order chi connectivity index (χ1) is 14.4. The van der Waals surface area contributed by atoms with Gasteiger partial charge in [-0.1, -0.05) is 57.2 Å². The molecule has 0 aromatic rings. The third-order valence-electron chi connectivity index (χ3n) is 8.75. The molecule has 7 atom stereocenters. The summed E-state index contributed by atoms with van der Waals surface area (Å²) >= 11 is 0. The van der Waals surface area contributed by atoms with E-state index in [2.05, 4.69) is 51.7 Å². The average Bonchev–Trinajstić information content (AvgIpc) is 3.04. The quantitative estimate of drug-likeness (QED) is 0.490. The van der Waals surface area contributed by atoms with Gasteiger partial charge < -0.3 is 15.3 Å². The van der Waals surface area contributed by atoms with Crippen LogP contribution in [0.4, 0.5) is 0 Å². The largest absolute Gasteiger partial charge is 0.393 e. The lowest BCUT2D eigenvalue weighted by Crippen LogP contribution is -2.35. The lowest BCUT2D eigenvalue weighted by atomic mass is 9.61. The van der Waals surface area contributed by atoms with Gasteiger partial charge in [-0.2, -0.15) is 0 Å². The standard InChI is InChI=1S/C28H44O3/c1-18(9-10-19(2)27(4,5)31)24-13-14-25-21(8-7-15-28(24,25)6)11-12-22-16-23(29)17-26(30)20(22)3/h9-12,18-19,23-26,29-31H,3,7-8,13-17H2,1-2,4-6H3/b10-9+,21-11+,22-12-/t18-,19+,23-,24-,25+,26-,28-/m1/s1. The fraction of sp³-hybridized carbons (Fsp3) is 0.714. The average molecular weight is 429 g/mol. The van der Waals surface area contributed by atoms with Gasteiger partial charge in [0.2, 0.25) is 0 Å². The minimum atomic E-state index is -0.684. The molecule has 0 amide bonds. The van der Waals surface area contributed by atoms with E-state index in [0.29, 0.717) is 36.0 Å². The monoisotopic (exact) mass is 428 g/mol. The van der Waals surface area contributed by atoms with E-state index in [0.717, 1.165) is 17.6 Å². The van der Waals surface area contributed by atoms with Gasteiger partial charge in [-0.05, 0) is 86.7 Å². The zero-order chi connectivity index (χ0) is 23.0. The molecular formula is C28H44O3. The van der Waals surface area contributed by atoms with Crippen LogP contribution in [0.25, 0.3) is 0 Å². The van der Waals surface area contributed by atoms with Crippen LogP contribution in [0, 0.1) is 29.1 Å². The fourth-order valence-electron chi connectivity index (χ4n) is 6.32. The Balaban J connectivity index is 1.76. The van der Waals surface area contributed by atoms with Crippen LogP contribution in [0.2, 0.25) is 0 Å². The molecule has 3 nitrogen and oxygen atoms in total. The van der Waals surface area contributed by atoms with Crippen molar-refractivity contribution in [2.75, 3.05) is 0 Å². The maximum Gasteiger partial charge on any atom is 0.0811 e. The van der Waals surface area contributed by atoms with Crippen molar-refractivity contribution < 1.29 is 15.3 Å². The van der Waals surface area contributed by atoms with Crippen LogP contribution in [0.15, 0.2) is 47.6 Å². The van der Waals surface area contributed by atoms with E-state index in [9.17, 15) is 15.3 Å². The van der Waals surface area contributed by atoms with Crippen LogP contribution in [-0.4, -0.2) is 33.1 Å². The van der Waals surface area contributed by atoms with Crippen molar-refractivity contribution in [3.05, 3.63) is 47.6 Å². The van der Waals surface area contributed by atoms with Crippen molar-refractivity contribution in [2.24, 2.45) is 29.1 Å². The van der Waals surface area contributed by atoms with Crippen LogP contribution in [-0.2, 0) is 0 Å². The molecule has 3 fully saturated rings. The van der Waals surface area contributed by atoms with Crippen LogP contribution in [0.5, 0.6) is 0 Å². The van der Waals surface area contributed by atoms with Crippen molar-refractivity contribution in [2.45, 2.75) is 97.4 Å². The Labute approximate surface area is 189 Å². The molecular weight excluding hydrogens is 384 g/mol. The summed E-state index contributed by atoms with van der Waals surface area (Å²) in [6.07, 6.45) is 15.0. The summed E-state index contributed by atoms with van der Waals surface area (Å²) in [4.78, 5) is 0. The second-order valence-corrected chi connectivity index (χ2v) is 11.4. The predicted molar refractivity (Wildman–Crippen MR) is 128 cm³/mol.